The third-order valence-electron chi connectivity index (χ3n) is 3.21. The van der Waals surface area contributed by atoms with E-state index in [0.29, 0.717) is 12.5 Å². The lowest BCUT2D eigenvalue weighted by Gasteiger charge is -2.09. The van der Waals surface area contributed by atoms with Gasteiger partial charge in [-0.3, -0.25) is 0 Å². The molecule has 0 unspecified atom stereocenters. The van der Waals surface area contributed by atoms with E-state index >= 15 is 0 Å². The van der Waals surface area contributed by atoms with E-state index in [4.69, 9.17) is 4.52 Å². The Hall–Kier alpha value is -1.16. The topological polar surface area (TPSA) is 75.3 Å². The van der Waals surface area contributed by atoms with E-state index in [-0.39, 0.29) is 24.0 Å². The Morgan fingerprint density at radius 3 is 2.75 bits per heavy atom. The van der Waals surface area contributed by atoms with Gasteiger partial charge in [0.1, 0.15) is 6.54 Å². The highest BCUT2D eigenvalue weighted by Gasteiger charge is 2.07. The molecule has 134 valence electrons. The minimum Gasteiger partial charge on any atom is -0.359 e. The second-order valence-electron chi connectivity index (χ2n) is 5.61. The van der Waals surface area contributed by atoms with Crippen molar-refractivity contribution in [3.05, 3.63) is 33.6 Å². The second kappa shape index (κ2) is 10.7. The number of aryl methyl sites for hydroxylation is 1. The largest absolute Gasteiger partial charge is 0.359 e. The maximum absolute atomic E-state index is 5.31. The van der Waals surface area contributed by atoms with E-state index in [1.165, 1.54) is 4.88 Å². The van der Waals surface area contributed by atoms with Gasteiger partial charge in [-0.1, -0.05) is 19.0 Å². The van der Waals surface area contributed by atoms with Gasteiger partial charge in [-0.15, -0.1) is 35.3 Å². The fraction of sp³-hybridized carbons (Fsp3) is 0.562. The second-order valence-corrected chi connectivity index (χ2v) is 6.93. The van der Waals surface area contributed by atoms with Crippen molar-refractivity contribution >= 4 is 41.3 Å². The van der Waals surface area contributed by atoms with Gasteiger partial charge in [-0.05, 0) is 19.8 Å². The highest BCUT2D eigenvalue weighted by Crippen LogP contribution is 2.14. The molecule has 0 aliphatic carbocycles. The summed E-state index contributed by atoms with van der Waals surface area (Å²) in [4.78, 5) is 10.1. The lowest BCUT2D eigenvalue weighted by molar-refractivity contribution is 0.376. The van der Waals surface area contributed by atoms with E-state index in [2.05, 4.69) is 46.5 Å². The van der Waals surface area contributed by atoms with Crippen LogP contribution in [-0.2, 0) is 13.0 Å². The molecule has 0 aliphatic rings. The molecule has 0 radical (unpaired) electrons. The highest BCUT2D eigenvalue weighted by atomic mass is 127. The van der Waals surface area contributed by atoms with Crippen molar-refractivity contribution in [1.82, 2.24) is 20.8 Å². The number of aliphatic imine (C=N–C) groups is 1. The minimum absolute atomic E-state index is 0. The van der Waals surface area contributed by atoms with Crippen molar-refractivity contribution in [3.63, 3.8) is 0 Å². The molecular weight excluding hydrogens is 437 g/mol. The normalized spacial score (nSPS) is 11.5. The predicted octanol–water partition coefficient (Wildman–Crippen LogP) is 3.48. The Kier molecular flexibility index (Phi) is 9.27. The summed E-state index contributed by atoms with van der Waals surface area (Å²) >= 11 is 1.73. The van der Waals surface area contributed by atoms with Crippen LogP contribution in [0.4, 0.5) is 0 Å². The van der Waals surface area contributed by atoms with Crippen LogP contribution in [0.25, 0.3) is 0 Å². The molecule has 2 aromatic rings. The Morgan fingerprint density at radius 1 is 1.38 bits per heavy atom. The number of nitrogens with one attached hydrogen (secondary N) is 2. The quantitative estimate of drug-likeness (QED) is 0.374. The number of rotatable bonds is 7. The van der Waals surface area contributed by atoms with Crippen LogP contribution >= 0.6 is 35.3 Å². The van der Waals surface area contributed by atoms with Gasteiger partial charge in [-0.25, -0.2) is 9.98 Å². The average molecular weight is 463 g/mol. The van der Waals surface area contributed by atoms with E-state index in [1.807, 2.05) is 19.2 Å². The third-order valence-corrected chi connectivity index (χ3v) is 4.18. The SMILES string of the molecule is CCNC(=NCc1cc(C(C)C)no1)NCCc1ncc(C)s1.I. The molecule has 0 aromatic carbocycles. The van der Waals surface area contributed by atoms with Crippen molar-refractivity contribution in [3.8, 4) is 0 Å². The lowest BCUT2D eigenvalue weighted by Crippen LogP contribution is -2.38. The number of hydrogen-bond donors (Lipinski definition) is 2. The summed E-state index contributed by atoms with van der Waals surface area (Å²) in [5.74, 6) is 1.93. The zero-order valence-electron chi connectivity index (χ0n) is 14.6. The molecular formula is C16H26IN5OS. The predicted molar refractivity (Wildman–Crippen MR) is 109 cm³/mol. The van der Waals surface area contributed by atoms with Gasteiger partial charge in [0.15, 0.2) is 11.7 Å². The van der Waals surface area contributed by atoms with E-state index in [0.717, 1.165) is 41.9 Å². The molecule has 8 heteroatoms. The first kappa shape index (κ1) is 20.9. The molecule has 0 saturated carbocycles. The van der Waals surface area contributed by atoms with Gasteiger partial charge in [0.2, 0.25) is 0 Å². The van der Waals surface area contributed by atoms with Gasteiger partial charge in [-0.2, -0.15) is 0 Å². The summed E-state index contributed by atoms with van der Waals surface area (Å²) in [6.07, 6.45) is 2.80. The van der Waals surface area contributed by atoms with E-state index < -0.39 is 0 Å². The van der Waals surface area contributed by atoms with Crippen LogP contribution in [0.3, 0.4) is 0 Å². The Morgan fingerprint density at radius 2 is 2.17 bits per heavy atom. The molecule has 2 heterocycles. The zero-order valence-corrected chi connectivity index (χ0v) is 17.8. The maximum Gasteiger partial charge on any atom is 0.191 e. The first-order chi connectivity index (χ1) is 11.1. The Bertz CT molecular complexity index is 638. The first-order valence-corrected chi connectivity index (χ1v) is 8.79. The summed E-state index contributed by atoms with van der Waals surface area (Å²) in [6, 6.07) is 1.97. The number of aromatic nitrogens is 2. The number of guanidine groups is 1. The van der Waals surface area contributed by atoms with Crippen LogP contribution in [0.5, 0.6) is 0 Å². The molecule has 0 fully saturated rings. The Labute approximate surface area is 164 Å². The average Bonchev–Trinajstić information content (AvgIpc) is 3.14. The maximum atomic E-state index is 5.31. The van der Waals surface area contributed by atoms with Crippen LogP contribution in [0, 0.1) is 6.92 Å². The summed E-state index contributed by atoms with van der Waals surface area (Å²) in [6.45, 7) is 10.4. The monoisotopic (exact) mass is 463 g/mol. The number of halogens is 1. The number of thiazole rings is 1. The van der Waals surface area contributed by atoms with Crippen molar-refractivity contribution in [2.45, 2.75) is 46.6 Å². The zero-order chi connectivity index (χ0) is 16.7. The smallest absolute Gasteiger partial charge is 0.191 e. The molecule has 0 saturated heterocycles. The molecule has 2 N–H and O–H groups in total. The summed E-state index contributed by atoms with van der Waals surface area (Å²) < 4.78 is 5.31. The standard InChI is InChI=1S/C16H25N5OS.HI/c1-5-17-16(18-7-6-15-19-9-12(4)23-15)20-10-13-8-14(11(2)3)21-22-13;/h8-9,11H,5-7,10H2,1-4H3,(H2,17,18,20);1H. The molecule has 2 aromatic heterocycles. The fourth-order valence-electron chi connectivity index (χ4n) is 1.98. The summed E-state index contributed by atoms with van der Waals surface area (Å²) in [5.41, 5.74) is 0.965. The number of hydrogen-bond acceptors (Lipinski definition) is 5. The highest BCUT2D eigenvalue weighted by molar-refractivity contribution is 14.0. The molecule has 0 atom stereocenters. The molecule has 0 aliphatic heterocycles. The van der Waals surface area contributed by atoms with Crippen molar-refractivity contribution < 1.29 is 4.52 Å². The minimum atomic E-state index is 0. The molecule has 24 heavy (non-hydrogen) atoms. The van der Waals surface area contributed by atoms with Crippen LogP contribution in [0.2, 0.25) is 0 Å². The molecule has 0 amide bonds. The van der Waals surface area contributed by atoms with Gasteiger partial charge in [0, 0.05) is 36.7 Å². The molecule has 6 nitrogen and oxygen atoms in total. The Balaban J connectivity index is 0.00000288. The molecule has 2 rings (SSSR count). The van der Waals surface area contributed by atoms with Gasteiger partial charge >= 0.3 is 0 Å². The van der Waals surface area contributed by atoms with E-state index in [1.54, 1.807) is 11.3 Å². The van der Waals surface area contributed by atoms with Crippen LogP contribution in [0.1, 0.15) is 48.0 Å². The van der Waals surface area contributed by atoms with Crippen LogP contribution < -0.4 is 10.6 Å². The summed E-state index contributed by atoms with van der Waals surface area (Å²) in [5, 5.41) is 11.7. The van der Waals surface area contributed by atoms with Gasteiger partial charge in [0.25, 0.3) is 0 Å². The number of nitrogens with zero attached hydrogens (tertiary/aromatic N) is 3. The van der Waals surface area contributed by atoms with E-state index in [9.17, 15) is 0 Å². The molecule has 0 spiro atoms. The van der Waals surface area contributed by atoms with Crippen LogP contribution in [0.15, 0.2) is 21.8 Å². The van der Waals surface area contributed by atoms with Gasteiger partial charge < -0.3 is 15.2 Å². The first-order valence-electron chi connectivity index (χ1n) is 7.97. The van der Waals surface area contributed by atoms with Crippen LogP contribution in [-0.4, -0.2) is 29.2 Å². The third kappa shape index (κ3) is 6.76. The molecule has 0 bridgehead atoms. The van der Waals surface area contributed by atoms with Gasteiger partial charge in [0.05, 0.1) is 10.7 Å². The summed E-state index contributed by atoms with van der Waals surface area (Å²) in [7, 11) is 0. The van der Waals surface area contributed by atoms with Crippen molar-refractivity contribution in [2.24, 2.45) is 4.99 Å². The fourth-order valence-corrected chi connectivity index (χ4v) is 2.77. The lowest BCUT2D eigenvalue weighted by atomic mass is 10.1. The van der Waals surface area contributed by atoms with Crippen molar-refractivity contribution in [1.29, 1.82) is 0 Å². The van der Waals surface area contributed by atoms with Crippen molar-refractivity contribution in [2.75, 3.05) is 13.1 Å².